The Hall–Kier alpha value is -10.7. The number of aromatic nitrogens is 10. The molecule has 5 fully saturated rings. The number of ether oxygens (including phenoxy) is 6. The topological polar surface area (TPSA) is 434 Å². The van der Waals surface area contributed by atoms with Crippen molar-refractivity contribution in [1.82, 2.24) is 74.2 Å². The number of amides is 3. The molecule has 6 aromatic heterocycles. The molecule has 0 spiro atoms. The number of piperidine rings is 1. The summed E-state index contributed by atoms with van der Waals surface area (Å²) >= 11 is 0. The first kappa shape index (κ1) is 94.9. The molecule has 3 amide bonds. The fourth-order valence-electron chi connectivity index (χ4n) is 19.7. The van der Waals surface area contributed by atoms with Gasteiger partial charge in [-0.15, -0.1) is 0 Å². The standard InChI is InChI=1S/C96H127N19O16/c1-58-14-10-9-11-15-59(2)78(126-7)48-72-21-17-63(6)96(125,131-72)86(120)91(122)114-27-13-12-16-75(114)92(123)129-79(49-76(116)60(3)43-62(5)84(118)85(119)83(117)61(4)42-58)73(97)45-64-19-22-77(80(46-64)127-8)130-95(124)113-29-25-74-71(56-113)53-103-94(106-74)111-36-32-109(33-37-111)39-41-128-40-38-108-30-34-110(35-31-108)93-101-51-70(52-102-93)90(121)112-28-24-66-44-65(18-20-68(66)55-112)54-115-89-81(87(98)104-57-105-89)82(107-115)69-47-67-23-26-99-88(67)100-50-69/h9-11,14-15,18,20,23,26,43-44,47,50-53,57-58,60-61,63-64,72-73,75,77-80,84-85,118-119,125H,12-13,16-17,19,21-22,24-25,27-42,45-46,48-49,54-56,97H2,1-8H3,(H,99,100)(H2,98,104,105)/b11-9?,14-10+,59-15?,62-43+/t58-,60-,61-,63-,64+,72+,73-,75+,77-,78+,79+,80-,84-,85+,96-/m1/s1. The highest BCUT2D eigenvalue weighted by atomic mass is 16.6. The van der Waals surface area contributed by atoms with E-state index in [9.17, 15) is 48.9 Å². The first-order valence-corrected chi connectivity index (χ1v) is 46.5. The van der Waals surface area contributed by atoms with Crippen molar-refractivity contribution in [1.29, 1.82) is 0 Å². The number of anilines is 3. The monoisotopic (exact) mass is 1800 g/mol. The van der Waals surface area contributed by atoms with E-state index in [4.69, 9.17) is 55.0 Å². The van der Waals surface area contributed by atoms with Gasteiger partial charge in [-0.1, -0.05) is 82.4 Å². The number of carbonyl (C=O) groups excluding carboxylic acids is 7. The summed E-state index contributed by atoms with van der Waals surface area (Å²) in [5, 5.41) is 41.4. The Kier molecular flexibility index (Phi) is 31.1. The van der Waals surface area contributed by atoms with Crippen LogP contribution in [0.4, 0.5) is 22.5 Å². The Labute approximate surface area is 763 Å². The number of H-pyrrole nitrogens is 1. The van der Waals surface area contributed by atoms with Crippen molar-refractivity contribution in [2.24, 2.45) is 35.3 Å². The molecule has 0 unspecified atom stereocenters. The number of esters is 1. The lowest BCUT2D eigenvalue weighted by Gasteiger charge is -2.42. The first-order chi connectivity index (χ1) is 63.2. The zero-order chi connectivity index (χ0) is 92.3. The number of Topliss-reactive ketones (excluding diaryl/α,β-unsaturated/α-hetero) is 3. The minimum absolute atomic E-state index is 0.00219. The fraction of sp³-hybridized carbons (Fsp3) is 0.573. The Morgan fingerprint density at radius 1 is 0.710 bits per heavy atom. The molecular formula is C96H127N19O16. The number of allylic oxidation sites excluding steroid dienone is 6. The van der Waals surface area contributed by atoms with Gasteiger partial charge < -0.3 is 84.7 Å². The van der Waals surface area contributed by atoms with Crippen LogP contribution < -0.4 is 21.3 Å². The smallest absolute Gasteiger partial charge is 0.410 e. The molecular weight excluding hydrogens is 1680 g/mol. The number of nitrogens with two attached hydrogens (primary N) is 2. The molecule has 13 heterocycles. The Balaban J connectivity index is 0.485. The molecule has 7 aromatic rings. The number of methoxy groups -OCH3 is 2. The molecule has 15 rings (SSSR count). The van der Waals surface area contributed by atoms with E-state index in [0.29, 0.717) is 144 Å². The zero-order valence-electron chi connectivity index (χ0n) is 76.5. The van der Waals surface area contributed by atoms with Crippen LogP contribution in [0.2, 0.25) is 0 Å². The number of carbonyl (C=O) groups is 7. The second-order valence-corrected chi connectivity index (χ2v) is 37.0. The molecule has 7 aliphatic heterocycles. The number of hydrogen-bond acceptors (Lipinski definition) is 30. The summed E-state index contributed by atoms with van der Waals surface area (Å²) in [5.41, 5.74) is 23.0. The van der Waals surface area contributed by atoms with Gasteiger partial charge in [0.15, 0.2) is 11.4 Å². The number of fused-ring (bicyclic) bond motifs is 7. The second-order valence-electron chi connectivity index (χ2n) is 37.0. The molecule has 131 heavy (non-hydrogen) atoms. The molecule has 0 radical (unpaired) electrons. The van der Waals surface area contributed by atoms with Crippen LogP contribution in [0.1, 0.15) is 157 Å². The number of ketones is 3. The summed E-state index contributed by atoms with van der Waals surface area (Å²) in [6, 6.07) is 8.12. The number of pyridine rings is 1. The maximum atomic E-state index is 14.8. The number of aliphatic hydroxyl groups excluding tert-OH is 2. The average Bonchev–Trinajstić information content (AvgIpc) is 1.61. The highest BCUT2D eigenvalue weighted by Gasteiger charge is 2.54. The minimum Gasteiger partial charge on any atom is -0.459 e. The number of nitrogens with one attached hydrogen (secondary N) is 1. The van der Waals surface area contributed by atoms with Gasteiger partial charge in [0.25, 0.3) is 17.6 Å². The van der Waals surface area contributed by atoms with Gasteiger partial charge in [-0.25, -0.2) is 49.2 Å². The predicted octanol–water partition coefficient (Wildman–Crippen LogP) is 7.47. The highest BCUT2D eigenvalue weighted by molar-refractivity contribution is 6.39. The number of piperazine rings is 2. The van der Waals surface area contributed by atoms with Crippen LogP contribution in [0.25, 0.3) is 33.3 Å². The molecule has 35 nitrogen and oxygen atoms in total. The third-order valence-corrected chi connectivity index (χ3v) is 27.8. The van der Waals surface area contributed by atoms with Crippen molar-refractivity contribution in [2.45, 2.75) is 212 Å². The van der Waals surface area contributed by atoms with E-state index in [-0.39, 0.29) is 55.7 Å². The van der Waals surface area contributed by atoms with Crippen LogP contribution in [0.3, 0.4) is 0 Å². The molecule has 2 bridgehead atoms. The third-order valence-electron chi connectivity index (χ3n) is 27.8. The maximum absolute atomic E-state index is 14.8. The van der Waals surface area contributed by atoms with Crippen molar-refractivity contribution in [3.8, 4) is 11.3 Å². The summed E-state index contributed by atoms with van der Waals surface area (Å²) < 4.78 is 38.7. The Morgan fingerprint density at radius 2 is 1.44 bits per heavy atom. The molecule has 1 aromatic carbocycles. The molecule has 1 saturated carbocycles. The lowest BCUT2D eigenvalue weighted by atomic mass is 9.80. The van der Waals surface area contributed by atoms with Gasteiger partial charge in [-0.3, -0.25) is 33.8 Å². The summed E-state index contributed by atoms with van der Waals surface area (Å²) in [5.74, 6) is -7.73. The Morgan fingerprint density at radius 3 is 2.19 bits per heavy atom. The fourth-order valence-corrected chi connectivity index (χ4v) is 19.7. The van der Waals surface area contributed by atoms with E-state index >= 15 is 0 Å². The van der Waals surface area contributed by atoms with Crippen LogP contribution in [0, 0.1) is 29.6 Å². The summed E-state index contributed by atoms with van der Waals surface area (Å²) in [4.78, 5) is 150. The number of hydrogen-bond donors (Lipinski definition) is 6. The third kappa shape index (κ3) is 22.5. The number of aliphatic hydroxyl groups is 3. The van der Waals surface area contributed by atoms with Crippen LogP contribution in [-0.2, 0) is 84.9 Å². The van der Waals surface area contributed by atoms with Crippen molar-refractivity contribution in [3.63, 3.8) is 0 Å². The van der Waals surface area contributed by atoms with E-state index in [1.807, 2.05) is 78.3 Å². The van der Waals surface area contributed by atoms with Crippen molar-refractivity contribution >= 4 is 81.0 Å². The summed E-state index contributed by atoms with van der Waals surface area (Å²) in [6.45, 7) is 21.7. The summed E-state index contributed by atoms with van der Waals surface area (Å²) in [6.07, 6.45) is 18.5. The van der Waals surface area contributed by atoms with E-state index in [0.717, 1.165) is 115 Å². The van der Waals surface area contributed by atoms with Gasteiger partial charge in [-0.2, -0.15) is 5.10 Å². The first-order valence-electron chi connectivity index (χ1n) is 46.5. The van der Waals surface area contributed by atoms with E-state index in [1.165, 1.54) is 24.9 Å². The molecule has 8 aliphatic rings. The van der Waals surface area contributed by atoms with Gasteiger partial charge in [0.1, 0.15) is 59.7 Å². The van der Waals surface area contributed by atoms with Crippen molar-refractivity contribution in [3.05, 3.63) is 149 Å². The number of nitrogens with zero attached hydrogens (tertiary/aromatic N) is 16. The highest BCUT2D eigenvalue weighted by Crippen LogP contribution is 2.40. The maximum Gasteiger partial charge on any atom is 0.410 e. The summed E-state index contributed by atoms with van der Waals surface area (Å²) in [7, 11) is 3.11. The number of nitrogen functional groups attached to an aromatic ring is 1. The zero-order valence-corrected chi connectivity index (χ0v) is 76.5. The normalized spacial score (nSPS) is 28.1. The van der Waals surface area contributed by atoms with Gasteiger partial charge in [0.05, 0.1) is 61.3 Å². The lowest BCUT2D eigenvalue weighted by Crippen LogP contribution is -2.61. The SMILES string of the molecule is CO[C@H]1C[C@@H]2CC[C@@H](C)[C@@](O)(O2)C(=O)C(=O)N2CCCC[C@H]2C(=O)O[C@H]([C@H](N)C[C@@H]2CC[C@@H](OC(=O)N3CCc4nc(N5CCN(CCOCCN6CCN(c7ncc(C(=O)N8CCc9cc(Cn%10nc(-c%11cnc%12[nH]ccc%12c%11)c%11c(N)ncnc%11%10)ccc9C8)cn7)CC6)CC5)ncc4C3)[C@H](OC)C2)CC(=O)[C@H](C)/C=C(\C)[C@@H](O)[C@@H](O)C(=O)[C@H](C)C[C@H](C)/C=C/C=CC=C1C. The van der Waals surface area contributed by atoms with Gasteiger partial charge >= 0.3 is 12.1 Å². The van der Waals surface area contributed by atoms with Gasteiger partial charge in [-0.05, 0) is 136 Å². The molecule has 35 heteroatoms. The van der Waals surface area contributed by atoms with Crippen molar-refractivity contribution in [2.75, 3.05) is 128 Å². The lowest BCUT2D eigenvalue weighted by molar-refractivity contribution is -0.265. The van der Waals surface area contributed by atoms with Crippen LogP contribution in [-0.4, -0.2) is 304 Å². The molecule has 4 saturated heterocycles. The van der Waals surface area contributed by atoms with E-state index in [2.05, 4.69) is 67.7 Å². The number of cyclic esters (lactones) is 1. The van der Waals surface area contributed by atoms with Crippen LogP contribution in [0.15, 0.2) is 115 Å². The number of benzene rings is 1. The second kappa shape index (κ2) is 42.9. The Bertz CT molecular complexity index is 5360. The average molecular weight is 1800 g/mol. The van der Waals surface area contributed by atoms with Crippen molar-refractivity contribution < 1.29 is 77.3 Å². The molecule has 15 atom stereocenters. The minimum atomic E-state index is -2.51. The quantitative estimate of drug-likeness (QED) is 0.0210. The molecule has 702 valence electrons. The van der Waals surface area contributed by atoms with E-state index in [1.54, 1.807) is 58.5 Å². The van der Waals surface area contributed by atoms with Gasteiger partial charge in [0, 0.05) is 196 Å². The predicted molar refractivity (Wildman–Crippen MR) is 489 cm³/mol. The van der Waals surface area contributed by atoms with Gasteiger partial charge in [0.2, 0.25) is 17.7 Å². The van der Waals surface area contributed by atoms with Crippen LogP contribution >= 0.6 is 0 Å². The van der Waals surface area contributed by atoms with Crippen LogP contribution in [0.5, 0.6) is 0 Å². The largest absolute Gasteiger partial charge is 0.459 e. The van der Waals surface area contributed by atoms with E-state index < -0.39 is 120 Å². The number of rotatable bonds is 18. The molecule has 1 aliphatic carbocycles. The molecule has 8 N–H and O–H groups in total. The number of aromatic amines is 1.